The van der Waals surface area contributed by atoms with Crippen LogP contribution in [0.5, 0.6) is 0 Å². The van der Waals surface area contributed by atoms with Crippen molar-refractivity contribution in [3.63, 3.8) is 0 Å². The second kappa shape index (κ2) is 7.47. The molecule has 0 spiro atoms. The highest BCUT2D eigenvalue weighted by molar-refractivity contribution is 5.85. The molecule has 2 aromatic heterocycles. The topological polar surface area (TPSA) is 52.9 Å². The van der Waals surface area contributed by atoms with E-state index < -0.39 is 0 Å². The van der Waals surface area contributed by atoms with Crippen LogP contribution in [0, 0.1) is 5.92 Å². The van der Waals surface area contributed by atoms with Gasteiger partial charge < -0.3 is 19.5 Å². The number of urea groups is 1. The summed E-state index contributed by atoms with van der Waals surface area (Å²) < 4.78 is 2.20. The van der Waals surface area contributed by atoms with Gasteiger partial charge in [-0.1, -0.05) is 26.0 Å². The Labute approximate surface area is 159 Å². The second-order valence-electron chi connectivity index (χ2n) is 7.60. The lowest BCUT2D eigenvalue weighted by Gasteiger charge is -2.24. The van der Waals surface area contributed by atoms with Crippen molar-refractivity contribution in [2.45, 2.75) is 20.3 Å². The molecule has 1 aliphatic rings. The molecule has 142 valence electrons. The van der Waals surface area contributed by atoms with Gasteiger partial charge in [0, 0.05) is 38.9 Å². The zero-order chi connectivity index (χ0) is 18.8. The van der Waals surface area contributed by atoms with Gasteiger partial charge in [0.2, 0.25) is 0 Å². The average molecular weight is 365 g/mol. The van der Waals surface area contributed by atoms with E-state index in [0.29, 0.717) is 12.5 Å². The van der Waals surface area contributed by atoms with Gasteiger partial charge in [0.1, 0.15) is 0 Å². The fourth-order valence-corrected chi connectivity index (χ4v) is 3.68. The number of aromatic nitrogens is 2. The van der Waals surface area contributed by atoms with E-state index in [-0.39, 0.29) is 6.03 Å². The minimum absolute atomic E-state index is 0.0462. The van der Waals surface area contributed by atoms with Gasteiger partial charge in [-0.2, -0.15) is 0 Å². The van der Waals surface area contributed by atoms with Gasteiger partial charge in [-0.3, -0.25) is 0 Å². The number of rotatable bonds is 3. The summed E-state index contributed by atoms with van der Waals surface area (Å²) in [5, 5.41) is 3.03. The first-order valence-electron chi connectivity index (χ1n) is 9.77. The third kappa shape index (κ3) is 3.56. The Bertz CT molecular complexity index is 948. The van der Waals surface area contributed by atoms with Crippen LogP contribution in [0.15, 0.2) is 42.6 Å². The second-order valence-corrected chi connectivity index (χ2v) is 7.60. The van der Waals surface area contributed by atoms with Crippen LogP contribution in [0.2, 0.25) is 0 Å². The van der Waals surface area contributed by atoms with Crippen molar-refractivity contribution >= 4 is 28.4 Å². The number of hydrogen-bond acceptors (Lipinski definition) is 3. The summed E-state index contributed by atoms with van der Waals surface area (Å²) in [6, 6.07) is 12.5. The molecule has 6 nitrogen and oxygen atoms in total. The first kappa shape index (κ1) is 17.6. The van der Waals surface area contributed by atoms with Crippen LogP contribution in [0.25, 0.3) is 16.6 Å². The fourth-order valence-electron chi connectivity index (χ4n) is 3.68. The first-order valence-corrected chi connectivity index (χ1v) is 9.77. The molecule has 3 heterocycles. The molecular formula is C21H27N5O. The third-order valence-electron chi connectivity index (χ3n) is 5.09. The maximum atomic E-state index is 12.4. The number of anilines is 1. The molecule has 27 heavy (non-hydrogen) atoms. The minimum atomic E-state index is 0.0462. The van der Waals surface area contributed by atoms with Crippen LogP contribution in [0.3, 0.4) is 0 Å². The average Bonchev–Trinajstić information content (AvgIpc) is 3.04. The van der Waals surface area contributed by atoms with Crippen LogP contribution in [-0.4, -0.2) is 53.0 Å². The molecule has 3 aromatic rings. The van der Waals surface area contributed by atoms with Gasteiger partial charge in [0.05, 0.1) is 16.6 Å². The van der Waals surface area contributed by atoms with Crippen molar-refractivity contribution in [1.29, 1.82) is 0 Å². The maximum absolute atomic E-state index is 12.4. The molecule has 0 unspecified atom stereocenters. The summed E-state index contributed by atoms with van der Waals surface area (Å²) in [6.45, 7) is 8.13. The predicted octanol–water partition coefficient (Wildman–Crippen LogP) is 3.37. The number of para-hydroxylation sites is 2. The van der Waals surface area contributed by atoms with Gasteiger partial charge >= 0.3 is 6.03 Å². The van der Waals surface area contributed by atoms with E-state index in [2.05, 4.69) is 58.9 Å². The summed E-state index contributed by atoms with van der Waals surface area (Å²) in [6.07, 6.45) is 3.03. The van der Waals surface area contributed by atoms with Gasteiger partial charge in [0.15, 0.2) is 5.82 Å². The molecule has 0 aliphatic carbocycles. The number of benzene rings is 1. The number of fused-ring (bicyclic) bond motifs is 3. The molecule has 0 atom stereocenters. The number of nitrogens with zero attached hydrogens (tertiary/aromatic N) is 4. The standard InChI is InChI=1S/C21H27N5O/c1-16(2)15-22-21(27)25-11-6-10-24(13-14-25)20-19-9-5-12-26(19)18-8-4-3-7-17(18)23-20/h3-5,7-9,12,16H,6,10-11,13-15H2,1-2H3,(H,22,27). The Balaban J connectivity index is 1.57. The molecule has 0 bridgehead atoms. The van der Waals surface area contributed by atoms with Crippen molar-refractivity contribution < 1.29 is 4.79 Å². The molecule has 0 saturated carbocycles. The van der Waals surface area contributed by atoms with Gasteiger partial charge in [0.25, 0.3) is 0 Å². The van der Waals surface area contributed by atoms with E-state index >= 15 is 0 Å². The van der Waals surface area contributed by atoms with E-state index in [4.69, 9.17) is 4.98 Å². The monoisotopic (exact) mass is 365 g/mol. The van der Waals surface area contributed by atoms with E-state index in [9.17, 15) is 4.79 Å². The quantitative estimate of drug-likeness (QED) is 0.774. The number of carbonyl (C=O) groups excluding carboxylic acids is 1. The highest BCUT2D eigenvalue weighted by Gasteiger charge is 2.21. The van der Waals surface area contributed by atoms with Crippen LogP contribution >= 0.6 is 0 Å². The zero-order valence-corrected chi connectivity index (χ0v) is 16.1. The summed E-state index contributed by atoms with van der Waals surface area (Å²) in [7, 11) is 0. The van der Waals surface area contributed by atoms with E-state index in [1.807, 2.05) is 17.0 Å². The number of hydrogen-bond donors (Lipinski definition) is 1. The summed E-state index contributed by atoms with van der Waals surface area (Å²) in [5.74, 6) is 1.46. The molecule has 2 amide bonds. The molecule has 1 N–H and O–H groups in total. The lowest BCUT2D eigenvalue weighted by Crippen LogP contribution is -2.43. The largest absolute Gasteiger partial charge is 0.353 e. The van der Waals surface area contributed by atoms with Crippen LogP contribution in [-0.2, 0) is 0 Å². The molecule has 1 saturated heterocycles. The minimum Gasteiger partial charge on any atom is -0.353 e. The first-order chi connectivity index (χ1) is 13.1. The van der Waals surface area contributed by atoms with Gasteiger partial charge in [-0.15, -0.1) is 0 Å². The molecular weight excluding hydrogens is 338 g/mol. The predicted molar refractivity (Wildman–Crippen MR) is 109 cm³/mol. The number of amides is 2. The highest BCUT2D eigenvalue weighted by atomic mass is 16.2. The Morgan fingerprint density at radius 1 is 1.07 bits per heavy atom. The van der Waals surface area contributed by atoms with Crippen molar-refractivity contribution in [3.05, 3.63) is 42.6 Å². The van der Waals surface area contributed by atoms with E-state index in [1.54, 1.807) is 0 Å². The normalized spacial score (nSPS) is 15.5. The number of carbonyl (C=O) groups is 1. The Hall–Kier alpha value is -2.76. The molecule has 6 heteroatoms. The van der Waals surface area contributed by atoms with Crippen molar-refractivity contribution in [1.82, 2.24) is 19.6 Å². The van der Waals surface area contributed by atoms with Crippen molar-refractivity contribution in [2.75, 3.05) is 37.6 Å². The fraction of sp³-hybridized carbons (Fsp3) is 0.429. The summed E-state index contributed by atoms with van der Waals surface area (Å²) >= 11 is 0. The van der Waals surface area contributed by atoms with Gasteiger partial charge in [-0.05, 0) is 36.6 Å². The van der Waals surface area contributed by atoms with Crippen LogP contribution in [0.4, 0.5) is 10.6 Å². The summed E-state index contributed by atoms with van der Waals surface area (Å²) in [4.78, 5) is 21.6. The number of nitrogens with one attached hydrogen (secondary N) is 1. The SMILES string of the molecule is CC(C)CNC(=O)N1CCCN(c2nc3ccccc3n3cccc23)CC1. The highest BCUT2D eigenvalue weighted by Crippen LogP contribution is 2.26. The lowest BCUT2D eigenvalue weighted by atomic mass is 10.2. The van der Waals surface area contributed by atoms with Crippen molar-refractivity contribution in [3.8, 4) is 0 Å². The lowest BCUT2D eigenvalue weighted by molar-refractivity contribution is 0.200. The molecule has 1 aromatic carbocycles. The summed E-state index contributed by atoms with van der Waals surface area (Å²) in [5.41, 5.74) is 3.23. The van der Waals surface area contributed by atoms with Gasteiger partial charge in [-0.25, -0.2) is 9.78 Å². The smallest absolute Gasteiger partial charge is 0.317 e. The van der Waals surface area contributed by atoms with Crippen molar-refractivity contribution in [2.24, 2.45) is 5.92 Å². The van der Waals surface area contributed by atoms with E-state index in [0.717, 1.165) is 55.0 Å². The molecule has 4 rings (SSSR count). The Morgan fingerprint density at radius 2 is 1.89 bits per heavy atom. The third-order valence-corrected chi connectivity index (χ3v) is 5.09. The maximum Gasteiger partial charge on any atom is 0.317 e. The Kier molecular flexibility index (Phi) is 4.88. The van der Waals surface area contributed by atoms with E-state index in [1.165, 1.54) is 0 Å². The van der Waals surface area contributed by atoms with Crippen LogP contribution < -0.4 is 10.2 Å². The zero-order valence-electron chi connectivity index (χ0n) is 16.1. The molecule has 1 aliphatic heterocycles. The Morgan fingerprint density at radius 3 is 2.74 bits per heavy atom. The molecule has 0 radical (unpaired) electrons. The molecule has 1 fully saturated rings. The van der Waals surface area contributed by atoms with Crippen LogP contribution in [0.1, 0.15) is 20.3 Å².